The van der Waals surface area contributed by atoms with Crippen molar-refractivity contribution in [3.05, 3.63) is 42.5 Å². The zero-order valence-corrected chi connectivity index (χ0v) is 16.7. The van der Waals surface area contributed by atoms with Crippen LogP contribution < -0.4 is 5.32 Å². The minimum Gasteiger partial charge on any atom is -0.480 e. The molecule has 12 heteroatoms. The van der Waals surface area contributed by atoms with Gasteiger partial charge in [0.15, 0.2) is 0 Å². The van der Waals surface area contributed by atoms with Crippen LogP contribution in [0.1, 0.15) is 64.7 Å². The van der Waals surface area contributed by atoms with E-state index in [0.29, 0.717) is 6.42 Å². The smallest absolute Gasteiger partial charge is 0.424 e. The summed E-state index contributed by atoms with van der Waals surface area (Å²) in [6.07, 6.45) is 8.12. The normalized spacial score (nSPS) is 11.6. The van der Waals surface area contributed by atoms with Gasteiger partial charge in [0, 0.05) is 6.07 Å². The number of carbonyl (C=O) groups is 1. The molecule has 2 N–H and O–H groups in total. The summed E-state index contributed by atoms with van der Waals surface area (Å²) in [5, 5.41) is 45.4. The number of carboxylic acid groups (broad SMARTS) is 1. The number of benzene rings is 1. The lowest BCUT2D eigenvalue weighted by molar-refractivity contribution is -0.440. The molecule has 0 radical (unpaired) electrons. The lowest BCUT2D eigenvalue weighted by atomic mass is 10.0. The molecule has 0 amide bonds. The Hall–Kier alpha value is -3.31. The largest absolute Gasteiger partial charge is 0.480 e. The minimum absolute atomic E-state index is 0.159. The Kier molecular flexibility index (Phi) is 10.1. The Bertz CT molecular complexity index is 784. The molecule has 0 saturated heterocycles. The highest BCUT2D eigenvalue weighted by Gasteiger charge is 2.39. The number of nitrogens with one attached hydrogen (secondary N) is 1. The predicted molar refractivity (Wildman–Crippen MR) is 109 cm³/mol. The van der Waals surface area contributed by atoms with E-state index in [1.54, 1.807) is 0 Å². The zero-order valence-electron chi connectivity index (χ0n) is 16.7. The Morgan fingerprint density at radius 1 is 0.900 bits per heavy atom. The van der Waals surface area contributed by atoms with Crippen LogP contribution in [0.3, 0.4) is 0 Å². The second-order valence-electron chi connectivity index (χ2n) is 6.90. The van der Waals surface area contributed by atoms with Crippen LogP contribution in [0.5, 0.6) is 0 Å². The number of nitrogens with zero attached hydrogens (tertiary/aromatic N) is 3. The molecule has 0 spiro atoms. The Morgan fingerprint density at radius 2 is 1.43 bits per heavy atom. The van der Waals surface area contributed by atoms with Crippen LogP contribution in [0, 0.1) is 30.3 Å². The van der Waals surface area contributed by atoms with Gasteiger partial charge in [-0.3, -0.25) is 30.3 Å². The molecule has 0 aromatic heterocycles. The molecule has 166 valence electrons. The molecule has 0 heterocycles. The van der Waals surface area contributed by atoms with Gasteiger partial charge in [0.2, 0.25) is 0 Å². The van der Waals surface area contributed by atoms with Gasteiger partial charge in [0.25, 0.3) is 0 Å². The van der Waals surface area contributed by atoms with Crippen molar-refractivity contribution >= 4 is 28.7 Å². The van der Waals surface area contributed by atoms with Gasteiger partial charge in [-0.1, -0.05) is 58.3 Å². The van der Waals surface area contributed by atoms with Crippen molar-refractivity contribution in [2.45, 2.75) is 70.8 Å². The van der Waals surface area contributed by atoms with Gasteiger partial charge in [0.05, 0.1) is 14.8 Å². The van der Waals surface area contributed by atoms with Gasteiger partial charge in [-0.2, -0.15) is 0 Å². The van der Waals surface area contributed by atoms with Crippen LogP contribution in [0.25, 0.3) is 0 Å². The van der Waals surface area contributed by atoms with Crippen molar-refractivity contribution in [3.8, 4) is 0 Å². The zero-order chi connectivity index (χ0) is 22.7. The molecule has 1 aromatic rings. The van der Waals surface area contributed by atoms with Crippen molar-refractivity contribution < 1.29 is 24.7 Å². The lowest BCUT2D eigenvalue weighted by Crippen LogP contribution is -2.29. The van der Waals surface area contributed by atoms with Crippen LogP contribution in [-0.2, 0) is 4.79 Å². The summed E-state index contributed by atoms with van der Waals surface area (Å²) < 4.78 is 0. The van der Waals surface area contributed by atoms with Gasteiger partial charge in [0.1, 0.15) is 11.7 Å². The van der Waals surface area contributed by atoms with E-state index in [1.165, 1.54) is 12.8 Å². The highest BCUT2D eigenvalue weighted by molar-refractivity contribution is 5.83. The monoisotopic (exact) mass is 426 g/mol. The van der Waals surface area contributed by atoms with Crippen LogP contribution >= 0.6 is 0 Å². The molecule has 0 saturated carbocycles. The molecule has 0 fully saturated rings. The van der Waals surface area contributed by atoms with E-state index in [0.717, 1.165) is 44.2 Å². The van der Waals surface area contributed by atoms with Gasteiger partial charge < -0.3 is 10.4 Å². The summed E-state index contributed by atoms with van der Waals surface area (Å²) in [6, 6.07) is 0.458. The maximum absolute atomic E-state index is 11.5. The first kappa shape index (κ1) is 24.7. The number of rotatable bonds is 15. The third-order valence-corrected chi connectivity index (χ3v) is 4.67. The molecule has 1 rings (SSSR count). The van der Waals surface area contributed by atoms with Gasteiger partial charge >= 0.3 is 23.0 Å². The van der Waals surface area contributed by atoms with E-state index in [-0.39, 0.29) is 6.42 Å². The second kappa shape index (κ2) is 12.3. The highest BCUT2D eigenvalue weighted by Crippen LogP contribution is 2.42. The first-order valence-electron chi connectivity index (χ1n) is 9.80. The Labute approximate surface area is 172 Å². The van der Waals surface area contributed by atoms with Gasteiger partial charge in [-0.25, -0.2) is 4.79 Å². The fourth-order valence-corrected chi connectivity index (χ4v) is 3.13. The SMILES string of the molecule is CCCCCCCCCCC(Nc1ccc([N+](=O)[O-])c([N+](=O)[O-])c1[N+](=O)[O-])C(=O)O. The van der Waals surface area contributed by atoms with E-state index in [1.807, 2.05) is 0 Å². The quantitative estimate of drug-likeness (QED) is 0.226. The van der Waals surface area contributed by atoms with Crippen molar-refractivity contribution in [1.29, 1.82) is 0 Å². The number of carboxylic acids is 1. The summed E-state index contributed by atoms with van der Waals surface area (Å²) in [4.78, 5) is 41.7. The molecule has 30 heavy (non-hydrogen) atoms. The molecule has 0 aliphatic rings. The molecule has 0 aliphatic carbocycles. The number of nitro groups is 3. The molecule has 0 aliphatic heterocycles. The molecule has 0 bridgehead atoms. The lowest BCUT2D eigenvalue weighted by Gasteiger charge is -2.15. The summed E-state index contributed by atoms with van der Waals surface area (Å²) in [5.74, 6) is -1.27. The number of nitro benzene ring substituents is 3. The minimum atomic E-state index is -1.29. The third kappa shape index (κ3) is 7.26. The van der Waals surface area contributed by atoms with Crippen LogP contribution in [0.15, 0.2) is 12.1 Å². The number of aliphatic carboxylic acids is 1. The van der Waals surface area contributed by atoms with E-state index in [2.05, 4.69) is 12.2 Å². The summed E-state index contributed by atoms with van der Waals surface area (Å²) in [7, 11) is 0. The average Bonchev–Trinajstić information content (AvgIpc) is 2.67. The fraction of sp³-hybridized carbons (Fsp3) is 0.611. The molecule has 1 aromatic carbocycles. The molecular weight excluding hydrogens is 400 g/mol. The topological polar surface area (TPSA) is 179 Å². The Morgan fingerprint density at radius 3 is 1.90 bits per heavy atom. The van der Waals surface area contributed by atoms with E-state index < -0.39 is 49.5 Å². The van der Waals surface area contributed by atoms with Crippen LogP contribution in [-0.4, -0.2) is 31.9 Å². The van der Waals surface area contributed by atoms with Crippen molar-refractivity contribution in [2.75, 3.05) is 5.32 Å². The van der Waals surface area contributed by atoms with Crippen molar-refractivity contribution in [1.82, 2.24) is 0 Å². The van der Waals surface area contributed by atoms with E-state index in [4.69, 9.17) is 0 Å². The predicted octanol–water partition coefficient (Wildman–Crippen LogP) is 4.81. The van der Waals surface area contributed by atoms with Crippen molar-refractivity contribution in [3.63, 3.8) is 0 Å². The number of hydrogen-bond acceptors (Lipinski definition) is 8. The number of unbranched alkanes of at least 4 members (excludes halogenated alkanes) is 7. The first-order valence-corrected chi connectivity index (χ1v) is 9.80. The first-order chi connectivity index (χ1) is 14.2. The van der Waals surface area contributed by atoms with Crippen LogP contribution in [0.4, 0.5) is 22.7 Å². The van der Waals surface area contributed by atoms with E-state index in [9.17, 15) is 40.2 Å². The van der Waals surface area contributed by atoms with Gasteiger partial charge in [-0.15, -0.1) is 0 Å². The van der Waals surface area contributed by atoms with Crippen molar-refractivity contribution in [2.24, 2.45) is 0 Å². The molecule has 1 unspecified atom stereocenters. The highest BCUT2D eigenvalue weighted by atomic mass is 16.6. The molecule has 12 nitrogen and oxygen atoms in total. The third-order valence-electron chi connectivity index (χ3n) is 4.67. The van der Waals surface area contributed by atoms with Crippen LogP contribution in [0.2, 0.25) is 0 Å². The maximum atomic E-state index is 11.5. The fourth-order valence-electron chi connectivity index (χ4n) is 3.13. The second-order valence-corrected chi connectivity index (χ2v) is 6.90. The average molecular weight is 426 g/mol. The standard InChI is InChI=1S/C18H26N4O8/c1-2-3-4-5-6-7-8-9-10-14(18(23)24)19-13-11-12-15(20(25)26)17(22(29)30)16(13)21(27)28/h11-12,14,19H,2-10H2,1H3,(H,23,24). The summed E-state index contributed by atoms with van der Waals surface area (Å²) in [5.41, 5.74) is -3.89. The number of hydrogen-bond donors (Lipinski definition) is 2. The summed E-state index contributed by atoms with van der Waals surface area (Å²) in [6.45, 7) is 2.13. The van der Waals surface area contributed by atoms with E-state index >= 15 is 0 Å². The molecule has 1 atom stereocenters. The maximum Gasteiger partial charge on any atom is 0.424 e. The van der Waals surface area contributed by atoms with Gasteiger partial charge in [-0.05, 0) is 12.5 Å². The number of anilines is 1. The summed E-state index contributed by atoms with van der Waals surface area (Å²) >= 11 is 0. The Balaban J connectivity index is 2.90. The molecular formula is C18H26N4O8.